The van der Waals surface area contributed by atoms with E-state index in [1.54, 1.807) is 28.4 Å². The van der Waals surface area contributed by atoms with E-state index in [-0.39, 0.29) is 18.6 Å². The van der Waals surface area contributed by atoms with Crippen LogP contribution in [-0.4, -0.2) is 41.0 Å². The molecule has 2 aromatic rings. The smallest absolute Gasteiger partial charge is 0.231 e. The summed E-state index contributed by atoms with van der Waals surface area (Å²) in [5.74, 6) is 2.83. The number of hydrogen-bond acceptors (Lipinski definition) is 7. The topological polar surface area (TPSA) is 64.6 Å². The Morgan fingerprint density at radius 1 is 0.862 bits per heavy atom. The molecule has 7 heteroatoms. The zero-order chi connectivity index (χ0) is 20.8. The van der Waals surface area contributed by atoms with E-state index in [0.717, 1.165) is 11.1 Å². The average Bonchev–Trinajstić information content (AvgIpc) is 3.19. The van der Waals surface area contributed by atoms with Crippen molar-refractivity contribution in [3.05, 3.63) is 35.4 Å². The van der Waals surface area contributed by atoms with Crippen molar-refractivity contribution in [2.75, 3.05) is 35.2 Å². The molecular weight excluding hydrogens is 376 g/mol. The Morgan fingerprint density at radius 3 is 2.17 bits per heavy atom. The maximum Gasteiger partial charge on any atom is 0.231 e. The molecule has 0 fully saturated rings. The van der Waals surface area contributed by atoms with Crippen LogP contribution in [0.2, 0.25) is 0 Å². The fourth-order valence-corrected chi connectivity index (χ4v) is 4.19. The largest absolute Gasteiger partial charge is 0.493 e. The fraction of sp³-hybridized carbons (Fsp3) is 0.455. The molecule has 2 aromatic carbocycles. The van der Waals surface area contributed by atoms with Gasteiger partial charge in [0.25, 0.3) is 0 Å². The Kier molecular flexibility index (Phi) is 4.86. The van der Waals surface area contributed by atoms with Gasteiger partial charge in [-0.2, -0.15) is 0 Å². The van der Waals surface area contributed by atoms with Crippen molar-refractivity contribution in [3.8, 4) is 34.5 Å². The first-order valence-corrected chi connectivity index (χ1v) is 9.44. The van der Waals surface area contributed by atoms with Gasteiger partial charge in [0.05, 0.1) is 21.3 Å². The molecule has 4 rings (SSSR count). The number of hydrogen-bond donors (Lipinski definition) is 0. The Hall–Kier alpha value is -2.80. The van der Waals surface area contributed by atoms with Crippen LogP contribution in [0.5, 0.6) is 34.5 Å². The van der Waals surface area contributed by atoms with Crippen molar-refractivity contribution in [3.63, 3.8) is 0 Å². The summed E-state index contributed by atoms with van der Waals surface area (Å²) in [5.41, 5.74) is 1.92. The maximum absolute atomic E-state index is 6.28. The van der Waals surface area contributed by atoms with E-state index in [0.29, 0.717) is 34.5 Å². The SMILES string of the molecule is COc1ccc([C@@H]2c3cc4c(cc3O[C@@](C)(OC)[C@@H]2C)OCO4)c(OC)c1OC. The molecule has 0 amide bonds. The van der Waals surface area contributed by atoms with Crippen molar-refractivity contribution >= 4 is 0 Å². The zero-order valence-electron chi connectivity index (χ0n) is 17.5. The van der Waals surface area contributed by atoms with Gasteiger partial charge < -0.3 is 33.2 Å². The highest BCUT2D eigenvalue weighted by atomic mass is 16.7. The van der Waals surface area contributed by atoms with Gasteiger partial charge in [0, 0.05) is 43.1 Å². The molecule has 7 nitrogen and oxygen atoms in total. The highest BCUT2D eigenvalue weighted by molar-refractivity contribution is 5.62. The molecule has 0 bridgehead atoms. The molecule has 156 valence electrons. The van der Waals surface area contributed by atoms with E-state index in [4.69, 9.17) is 33.2 Å². The van der Waals surface area contributed by atoms with Crippen molar-refractivity contribution in [2.24, 2.45) is 5.92 Å². The van der Waals surface area contributed by atoms with Crippen LogP contribution in [0.25, 0.3) is 0 Å². The second-order valence-corrected chi connectivity index (χ2v) is 7.26. The number of benzene rings is 2. The molecule has 0 saturated carbocycles. The molecule has 0 aliphatic carbocycles. The minimum Gasteiger partial charge on any atom is -0.493 e. The summed E-state index contributed by atoms with van der Waals surface area (Å²) in [6, 6.07) is 7.72. The van der Waals surface area contributed by atoms with Gasteiger partial charge in [0.2, 0.25) is 18.3 Å². The van der Waals surface area contributed by atoms with Crippen molar-refractivity contribution in [1.29, 1.82) is 0 Å². The summed E-state index contributed by atoms with van der Waals surface area (Å²) in [6.45, 7) is 4.23. The van der Waals surface area contributed by atoms with Gasteiger partial charge in [-0.05, 0) is 12.1 Å². The van der Waals surface area contributed by atoms with Crippen molar-refractivity contribution in [1.82, 2.24) is 0 Å². The molecule has 0 unspecified atom stereocenters. The minimum absolute atomic E-state index is 0.0487. The van der Waals surface area contributed by atoms with E-state index in [1.165, 1.54) is 0 Å². The van der Waals surface area contributed by atoms with E-state index in [1.807, 2.05) is 31.2 Å². The quantitative estimate of drug-likeness (QED) is 0.750. The van der Waals surface area contributed by atoms with Gasteiger partial charge in [0.1, 0.15) is 5.75 Å². The van der Waals surface area contributed by atoms with Crippen LogP contribution in [0.3, 0.4) is 0 Å². The molecule has 29 heavy (non-hydrogen) atoms. The zero-order valence-corrected chi connectivity index (χ0v) is 17.5. The molecule has 0 N–H and O–H groups in total. The van der Waals surface area contributed by atoms with E-state index < -0.39 is 5.79 Å². The van der Waals surface area contributed by atoms with Crippen LogP contribution in [0, 0.1) is 5.92 Å². The van der Waals surface area contributed by atoms with Gasteiger partial charge in [-0.25, -0.2) is 0 Å². The number of ether oxygens (including phenoxy) is 7. The van der Waals surface area contributed by atoms with E-state index in [2.05, 4.69) is 6.92 Å². The van der Waals surface area contributed by atoms with Crippen LogP contribution in [-0.2, 0) is 4.74 Å². The normalized spacial score (nSPS) is 24.5. The van der Waals surface area contributed by atoms with Crippen LogP contribution in [0.4, 0.5) is 0 Å². The fourth-order valence-electron chi connectivity index (χ4n) is 4.19. The minimum atomic E-state index is -0.844. The highest BCUT2D eigenvalue weighted by Crippen LogP contribution is 2.55. The van der Waals surface area contributed by atoms with E-state index >= 15 is 0 Å². The van der Waals surface area contributed by atoms with E-state index in [9.17, 15) is 0 Å². The molecule has 2 heterocycles. The number of methoxy groups -OCH3 is 4. The lowest BCUT2D eigenvalue weighted by atomic mass is 9.75. The van der Waals surface area contributed by atoms with Gasteiger partial charge in [0.15, 0.2) is 23.0 Å². The standard InChI is InChI=1S/C22H26O7/c1-12-19(13-7-8-15(23-3)21(25-5)20(13)24-4)14-9-17-18(28-11-27-17)10-16(14)29-22(12,2)26-6/h7-10,12,19H,11H2,1-6H3/t12-,19-,22-/m1/s1. The summed E-state index contributed by atoms with van der Waals surface area (Å²) in [4.78, 5) is 0. The second kappa shape index (κ2) is 7.22. The van der Waals surface area contributed by atoms with Gasteiger partial charge in [-0.3, -0.25) is 0 Å². The van der Waals surface area contributed by atoms with Crippen LogP contribution < -0.4 is 28.4 Å². The van der Waals surface area contributed by atoms with Crippen LogP contribution >= 0.6 is 0 Å². The first-order valence-electron chi connectivity index (χ1n) is 9.44. The third-order valence-electron chi connectivity index (χ3n) is 5.95. The summed E-state index contributed by atoms with van der Waals surface area (Å²) in [5, 5.41) is 0. The summed E-state index contributed by atoms with van der Waals surface area (Å²) in [7, 11) is 6.48. The lowest BCUT2D eigenvalue weighted by molar-refractivity contribution is -0.194. The summed E-state index contributed by atoms with van der Waals surface area (Å²) in [6.07, 6.45) is 0. The van der Waals surface area contributed by atoms with Crippen LogP contribution in [0.15, 0.2) is 24.3 Å². The monoisotopic (exact) mass is 402 g/mol. The van der Waals surface area contributed by atoms with Crippen molar-refractivity contribution < 1.29 is 33.2 Å². The first kappa shape index (κ1) is 19.5. The second-order valence-electron chi connectivity index (χ2n) is 7.26. The lowest BCUT2D eigenvalue weighted by Gasteiger charge is -2.44. The number of fused-ring (bicyclic) bond motifs is 2. The molecule has 2 aliphatic heterocycles. The molecule has 0 spiro atoms. The molecular formula is C22H26O7. The highest BCUT2D eigenvalue weighted by Gasteiger charge is 2.47. The Bertz CT molecular complexity index is 926. The maximum atomic E-state index is 6.28. The Balaban J connectivity index is 1.95. The Morgan fingerprint density at radius 2 is 1.55 bits per heavy atom. The van der Waals surface area contributed by atoms with Gasteiger partial charge in [-0.1, -0.05) is 13.0 Å². The van der Waals surface area contributed by atoms with Crippen LogP contribution in [0.1, 0.15) is 30.9 Å². The molecule has 0 aromatic heterocycles. The van der Waals surface area contributed by atoms with Gasteiger partial charge in [-0.15, -0.1) is 0 Å². The molecule has 3 atom stereocenters. The lowest BCUT2D eigenvalue weighted by Crippen LogP contribution is -2.47. The van der Waals surface area contributed by atoms with Gasteiger partial charge >= 0.3 is 0 Å². The third kappa shape index (κ3) is 2.92. The first-order chi connectivity index (χ1) is 14.0. The molecule has 0 saturated heterocycles. The summed E-state index contributed by atoms with van der Waals surface area (Å²) < 4.78 is 40.1. The predicted molar refractivity (Wildman–Crippen MR) is 106 cm³/mol. The predicted octanol–water partition coefficient (Wildman–Crippen LogP) is 3.96. The Labute approximate surface area is 170 Å². The summed E-state index contributed by atoms with van der Waals surface area (Å²) >= 11 is 0. The van der Waals surface area contributed by atoms with Crippen molar-refractivity contribution in [2.45, 2.75) is 25.6 Å². The number of rotatable bonds is 5. The average molecular weight is 402 g/mol. The third-order valence-corrected chi connectivity index (χ3v) is 5.95. The molecule has 2 aliphatic rings. The molecule has 0 radical (unpaired) electrons.